The van der Waals surface area contributed by atoms with Gasteiger partial charge in [0.15, 0.2) is 0 Å². The van der Waals surface area contributed by atoms with E-state index < -0.39 is 0 Å². The van der Waals surface area contributed by atoms with Crippen molar-refractivity contribution in [3.05, 3.63) is 21.9 Å². The van der Waals surface area contributed by atoms with Crippen LogP contribution in [-0.4, -0.2) is 6.54 Å². The van der Waals surface area contributed by atoms with Crippen molar-refractivity contribution in [1.82, 2.24) is 5.32 Å². The van der Waals surface area contributed by atoms with Crippen LogP contribution >= 0.6 is 11.3 Å². The molecule has 19 heavy (non-hydrogen) atoms. The molecule has 4 bridgehead atoms. The van der Waals surface area contributed by atoms with Crippen LogP contribution in [0, 0.1) is 23.2 Å². The van der Waals surface area contributed by atoms with E-state index in [9.17, 15) is 0 Å². The predicted octanol–water partition coefficient (Wildman–Crippen LogP) is 4.15. The first-order chi connectivity index (χ1) is 9.32. The van der Waals surface area contributed by atoms with E-state index >= 15 is 0 Å². The van der Waals surface area contributed by atoms with Crippen molar-refractivity contribution in [2.75, 3.05) is 6.54 Å². The molecule has 4 aliphatic carbocycles. The van der Waals surface area contributed by atoms with E-state index in [1.165, 1.54) is 6.54 Å². The highest BCUT2D eigenvalue weighted by Crippen LogP contribution is 2.65. The van der Waals surface area contributed by atoms with Crippen LogP contribution in [0.3, 0.4) is 0 Å². The lowest BCUT2D eigenvalue weighted by Crippen LogP contribution is -2.51. The summed E-state index contributed by atoms with van der Waals surface area (Å²) in [4.78, 5) is 1.63. The molecule has 1 aromatic heterocycles. The van der Waals surface area contributed by atoms with Gasteiger partial charge in [-0.25, -0.2) is 0 Å². The number of nitrogens with one attached hydrogen (secondary N) is 1. The zero-order valence-electron chi connectivity index (χ0n) is 11.5. The number of fused-ring (bicyclic) bond motifs is 1. The predicted molar refractivity (Wildman–Crippen MR) is 79.4 cm³/mol. The minimum Gasteiger partial charge on any atom is -0.311 e. The van der Waals surface area contributed by atoms with E-state index in [0.717, 1.165) is 30.2 Å². The van der Waals surface area contributed by atoms with Gasteiger partial charge in [0.25, 0.3) is 0 Å². The lowest BCUT2D eigenvalue weighted by atomic mass is 9.45. The van der Waals surface area contributed by atoms with Crippen LogP contribution in [0.15, 0.2) is 11.4 Å². The first-order valence-corrected chi connectivity index (χ1v) is 8.97. The molecule has 102 valence electrons. The summed E-state index contributed by atoms with van der Waals surface area (Å²) in [6.07, 6.45) is 9.32. The van der Waals surface area contributed by atoms with Crippen molar-refractivity contribution in [3.8, 4) is 0 Å². The Morgan fingerprint density at radius 2 is 1.74 bits per heavy atom. The fraction of sp³-hybridized carbons (Fsp3) is 0.765. The van der Waals surface area contributed by atoms with Crippen LogP contribution in [-0.2, 0) is 6.54 Å². The van der Waals surface area contributed by atoms with Gasteiger partial charge in [-0.05, 0) is 78.7 Å². The maximum absolute atomic E-state index is 3.71. The highest BCUT2D eigenvalue weighted by molar-refractivity contribution is 7.10. The molecule has 1 nitrogen and oxygen atoms in total. The lowest BCUT2D eigenvalue weighted by Gasteiger charge is -2.60. The van der Waals surface area contributed by atoms with E-state index in [1.807, 2.05) is 11.3 Å². The van der Waals surface area contributed by atoms with Gasteiger partial charge in [-0.15, -0.1) is 11.3 Å². The van der Waals surface area contributed by atoms with Crippen molar-refractivity contribution in [2.24, 2.45) is 23.2 Å². The van der Waals surface area contributed by atoms with Crippen molar-refractivity contribution in [1.29, 1.82) is 0 Å². The summed E-state index contributed by atoms with van der Waals surface area (Å²) in [6.45, 7) is 2.37. The summed E-state index contributed by atoms with van der Waals surface area (Å²) in [5, 5.41) is 6.04. The van der Waals surface area contributed by atoms with Gasteiger partial charge in [-0.1, -0.05) is 0 Å². The molecular formula is C17H23NS. The Balaban J connectivity index is 1.57. The molecule has 1 unspecified atom stereocenters. The highest BCUT2D eigenvalue weighted by Gasteiger charge is 2.54. The van der Waals surface area contributed by atoms with Crippen LogP contribution in [0.5, 0.6) is 0 Å². The number of hydrogen-bond acceptors (Lipinski definition) is 2. The van der Waals surface area contributed by atoms with Crippen molar-refractivity contribution < 1.29 is 0 Å². The Morgan fingerprint density at radius 3 is 2.42 bits per heavy atom. The van der Waals surface area contributed by atoms with Gasteiger partial charge in [-0.3, -0.25) is 0 Å². The normalized spacial score (nSPS) is 47.4. The van der Waals surface area contributed by atoms with Crippen LogP contribution in [0.25, 0.3) is 0 Å². The Labute approximate surface area is 119 Å². The second-order valence-corrected chi connectivity index (χ2v) is 8.76. The maximum atomic E-state index is 3.71. The van der Waals surface area contributed by atoms with E-state index in [1.54, 1.807) is 49.0 Å². The summed E-state index contributed by atoms with van der Waals surface area (Å²) < 4.78 is 0. The summed E-state index contributed by atoms with van der Waals surface area (Å²) in [6, 6.07) is 2.45. The standard InChI is InChI=1S/C17H23NS/c1-2-19-16-10-18-9-15(14(1)16)17-6-11-3-12(7-17)5-13(4-11)8-17/h1-2,11-13,15,18H,3-10H2. The molecule has 0 spiro atoms. The summed E-state index contributed by atoms with van der Waals surface area (Å²) in [5.74, 6) is 4.07. The molecule has 1 atom stereocenters. The molecule has 0 aromatic carbocycles. The monoisotopic (exact) mass is 273 g/mol. The Hall–Kier alpha value is -0.340. The first-order valence-electron chi connectivity index (χ1n) is 8.09. The van der Waals surface area contributed by atoms with E-state index in [4.69, 9.17) is 0 Å². The minimum absolute atomic E-state index is 0.679. The van der Waals surface area contributed by atoms with Crippen molar-refractivity contribution in [2.45, 2.75) is 51.0 Å². The van der Waals surface area contributed by atoms with Gasteiger partial charge in [-0.2, -0.15) is 0 Å². The molecule has 1 aliphatic heterocycles. The molecule has 4 saturated carbocycles. The van der Waals surface area contributed by atoms with Crippen LogP contribution in [0.1, 0.15) is 54.9 Å². The Morgan fingerprint density at radius 1 is 1.05 bits per heavy atom. The smallest absolute Gasteiger partial charge is 0.0302 e. The minimum atomic E-state index is 0.679. The Bertz CT molecular complexity index is 468. The second-order valence-electron chi connectivity index (χ2n) is 7.76. The average molecular weight is 273 g/mol. The van der Waals surface area contributed by atoms with Crippen molar-refractivity contribution in [3.63, 3.8) is 0 Å². The van der Waals surface area contributed by atoms with Crippen LogP contribution < -0.4 is 5.32 Å². The molecule has 5 aliphatic rings. The molecule has 4 fully saturated rings. The third-order valence-electron chi connectivity index (χ3n) is 6.61. The molecule has 0 saturated heterocycles. The largest absolute Gasteiger partial charge is 0.311 e. The van der Waals surface area contributed by atoms with Gasteiger partial charge < -0.3 is 5.32 Å². The molecule has 0 amide bonds. The van der Waals surface area contributed by atoms with Crippen molar-refractivity contribution >= 4 is 11.3 Å². The number of thiophene rings is 1. The zero-order chi connectivity index (χ0) is 12.4. The molecule has 2 heterocycles. The molecule has 1 aromatic rings. The maximum Gasteiger partial charge on any atom is 0.0302 e. The Kier molecular flexibility index (Phi) is 2.30. The lowest BCUT2D eigenvalue weighted by molar-refractivity contribution is -0.0693. The SMILES string of the molecule is c1cc2c(s1)CNCC2C12CC3CC(CC(C3)C1)C2. The van der Waals surface area contributed by atoms with E-state index in [0.29, 0.717) is 5.41 Å². The number of rotatable bonds is 1. The van der Waals surface area contributed by atoms with E-state index in [2.05, 4.69) is 16.8 Å². The zero-order valence-corrected chi connectivity index (χ0v) is 12.3. The highest BCUT2D eigenvalue weighted by atomic mass is 32.1. The third-order valence-corrected chi connectivity index (χ3v) is 7.55. The number of hydrogen-bond donors (Lipinski definition) is 1. The topological polar surface area (TPSA) is 12.0 Å². The first kappa shape index (κ1) is 11.3. The van der Waals surface area contributed by atoms with Gasteiger partial charge in [0, 0.05) is 23.9 Å². The van der Waals surface area contributed by atoms with Gasteiger partial charge in [0.1, 0.15) is 0 Å². The van der Waals surface area contributed by atoms with Gasteiger partial charge in [0.05, 0.1) is 0 Å². The van der Waals surface area contributed by atoms with Crippen LogP contribution in [0.4, 0.5) is 0 Å². The summed E-state index contributed by atoms with van der Waals surface area (Å²) >= 11 is 1.97. The molecule has 6 rings (SSSR count). The molecular weight excluding hydrogens is 250 g/mol. The summed E-state index contributed by atoms with van der Waals surface area (Å²) in [5.41, 5.74) is 2.41. The second kappa shape index (κ2) is 3.85. The van der Waals surface area contributed by atoms with E-state index in [-0.39, 0.29) is 0 Å². The molecule has 0 radical (unpaired) electrons. The molecule has 1 N–H and O–H groups in total. The molecule has 2 heteroatoms. The fourth-order valence-electron chi connectivity index (χ4n) is 6.40. The van der Waals surface area contributed by atoms with Gasteiger partial charge >= 0.3 is 0 Å². The van der Waals surface area contributed by atoms with Gasteiger partial charge in [0.2, 0.25) is 0 Å². The summed E-state index contributed by atoms with van der Waals surface area (Å²) in [7, 11) is 0. The average Bonchev–Trinajstić information content (AvgIpc) is 2.84. The fourth-order valence-corrected chi connectivity index (χ4v) is 7.31. The third kappa shape index (κ3) is 1.56. The quantitative estimate of drug-likeness (QED) is 0.810. The van der Waals surface area contributed by atoms with Crippen LogP contribution in [0.2, 0.25) is 0 Å².